The highest BCUT2D eigenvalue weighted by molar-refractivity contribution is 5.97. The van der Waals surface area contributed by atoms with Gasteiger partial charge in [0.1, 0.15) is 12.1 Å². The van der Waals surface area contributed by atoms with Gasteiger partial charge in [0, 0.05) is 26.2 Å². The maximum atomic E-state index is 13.4. The minimum Gasteiger partial charge on any atom is -0.342 e. The standard InChI is InChI=1S/C18H23F2N3O2/c1-11(2)7-15-18(25)23-6-5-22(10-16(23)17(24)21-15)9-12-3-4-13(19)14(20)8-12/h3-4,8,11,15-16H,5-7,9-10H2,1-2H3,(H,21,24)/t15-,16-/m1/s1. The number of nitrogens with one attached hydrogen (secondary N) is 1. The average molecular weight is 351 g/mol. The number of carbonyl (C=O) groups excluding carboxylic acids is 2. The Morgan fingerprint density at radius 3 is 2.64 bits per heavy atom. The van der Waals surface area contributed by atoms with Crippen LogP contribution in [0, 0.1) is 17.6 Å². The van der Waals surface area contributed by atoms with Gasteiger partial charge in [0.15, 0.2) is 11.6 Å². The highest BCUT2D eigenvalue weighted by atomic mass is 19.2. The molecule has 0 bridgehead atoms. The van der Waals surface area contributed by atoms with Crippen molar-refractivity contribution in [3.8, 4) is 0 Å². The van der Waals surface area contributed by atoms with Gasteiger partial charge in [-0.25, -0.2) is 8.78 Å². The normalized spacial score (nSPS) is 24.4. The summed E-state index contributed by atoms with van der Waals surface area (Å²) in [6, 6.07) is 2.85. The van der Waals surface area contributed by atoms with Gasteiger partial charge in [-0.05, 0) is 30.0 Å². The van der Waals surface area contributed by atoms with Gasteiger partial charge >= 0.3 is 0 Å². The topological polar surface area (TPSA) is 52.7 Å². The summed E-state index contributed by atoms with van der Waals surface area (Å²) < 4.78 is 26.4. The van der Waals surface area contributed by atoms with Crippen LogP contribution in [0.25, 0.3) is 0 Å². The Kier molecular flexibility index (Phi) is 5.03. The zero-order chi connectivity index (χ0) is 18.1. The zero-order valence-electron chi connectivity index (χ0n) is 14.5. The van der Waals surface area contributed by atoms with E-state index >= 15 is 0 Å². The van der Waals surface area contributed by atoms with Crippen molar-refractivity contribution in [3.63, 3.8) is 0 Å². The summed E-state index contributed by atoms with van der Waals surface area (Å²) in [5, 5.41) is 2.83. The van der Waals surface area contributed by atoms with Crippen LogP contribution in [0.2, 0.25) is 0 Å². The average Bonchev–Trinajstić information content (AvgIpc) is 2.55. The lowest BCUT2D eigenvalue weighted by molar-refractivity contribution is -0.153. The first kappa shape index (κ1) is 17.8. The number of hydrogen-bond acceptors (Lipinski definition) is 3. The molecular weight excluding hydrogens is 328 g/mol. The Morgan fingerprint density at radius 2 is 1.96 bits per heavy atom. The Hall–Kier alpha value is -2.02. The predicted molar refractivity (Wildman–Crippen MR) is 88.5 cm³/mol. The van der Waals surface area contributed by atoms with Crippen molar-refractivity contribution in [2.75, 3.05) is 19.6 Å². The number of amides is 2. The van der Waals surface area contributed by atoms with Gasteiger partial charge in [-0.2, -0.15) is 0 Å². The molecule has 0 saturated carbocycles. The van der Waals surface area contributed by atoms with Gasteiger partial charge in [0.25, 0.3) is 0 Å². The minimum atomic E-state index is -0.877. The Labute approximate surface area is 146 Å². The van der Waals surface area contributed by atoms with Crippen LogP contribution < -0.4 is 5.32 Å². The molecule has 0 spiro atoms. The first-order chi connectivity index (χ1) is 11.8. The quantitative estimate of drug-likeness (QED) is 0.895. The summed E-state index contributed by atoms with van der Waals surface area (Å²) in [5.41, 5.74) is 0.646. The number of rotatable bonds is 4. The summed E-state index contributed by atoms with van der Waals surface area (Å²) in [6.45, 7) is 5.91. The zero-order valence-corrected chi connectivity index (χ0v) is 14.5. The highest BCUT2D eigenvalue weighted by Gasteiger charge is 2.43. The predicted octanol–water partition coefficient (Wildman–Crippen LogP) is 1.52. The number of nitrogens with zero attached hydrogens (tertiary/aromatic N) is 2. The number of benzene rings is 1. The number of piperazine rings is 2. The molecule has 1 aromatic rings. The summed E-state index contributed by atoms with van der Waals surface area (Å²) in [6.07, 6.45) is 0.631. The van der Waals surface area contributed by atoms with Crippen molar-refractivity contribution in [3.05, 3.63) is 35.4 Å². The van der Waals surface area contributed by atoms with Gasteiger partial charge in [0.05, 0.1) is 0 Å². The Bertz CT molecular complexity index is 680. The molecule has 0 radical (unpaired) electrons. The lowest BCUT2D eigenvalue weighted by atomic mass is 9.97. The third-order valence-electron chi connectivity index (χ3n) is 4.76. The van der Waals surface area contributed by atoms with E-state index in [0.29, 0.717) is 44.1 Å². The van der Waals surface area contributed by atoms with Gasteiger partial charge in [-0.1, -0.05) is 19.9 Å². The van der Waals surface area contributed by atoms with Crippen molar-refractivity contribution >= 4 is 11.8 Å². The maximum Gasteiger partial charge on any atom is 0.245 e. The number of fused-ring (bicyclic) bond motifs is 1. The van der Waals surface area contributed by atoms with Crippen LogP contribution in [0.5, 0.6) is 0 Å². The van der Waals surface area contributed by atoms with E-state index in [1.54, 1.807) is 4.90 Å². The molecule has 2 atom stereocenters. The molecule has 7 heteroatoms. The van der Waals surface area contributed by atoms with Gasteiger partial charge in [-0.15, -0.1) is 0 Å². The third-order valence-corrected chi connectivity index (χ3v) is 4.76. The van der Waals surface area contributed by atoms with Crippen LogP contribution in [0.1, 0.15) is 25.8 Å². The van der Waals surface area contributed by atoms with Crippen LogP contribution in [-0.2, 0) is 16.1 Å². The Balaban J connectivity index is 1.66. The second kappa shape index (κ2) is 7.07. The van der Waals surface area contributed by atoms with Gasteiger partial charge in [0.2, 0.25) is 11.8 Å². The summed E-state index contributed by atoms with van der Waals surface area (Å²) >= 11 is 0. The molecular formula is C18H23F2N3O2. The Morgan fingerprint density at radius 1 is 1.20 bits per heavy atom. The largest absolute Gasteiger partial charge is 0.342 e. The van der Waals surface area contributed by atoms with E-state index in [-0.39, 0.29) is 11.8 Å². The van der Waals surface area contributed by atoms with E-state index in [1.807, 2.05) is 18.7 Å². The molecule has 2 aliphatic rings. The van der Waals surface area contributed by atoms with Crippen LogP contribution in [0.3, 0.4) is 0 Å². The van der Waals surface area contributed by atoms with Crippen LogP contribution >= 0.6 is 0 Å². The number of halogens is 2. The third kappa shape index (κ3) is 3.81. The molecule has 3 rings (SSSR count). The SMILES string of the molecule is CC(C)C[C@H]1NC(=O)[C@H]2CN(Cc3ccc(F)c(F)c3)CCN2C1=O. The molecule has 1 N–H and O–H groups in total. The van der Waals surface area contributed by atoms with E-state index in [2.05, 4.69) is 5.32 Å². The molecule has 5 nitrogen and oxygen atoms in total. The molecule has 1 aromatic carbocycles. The molecule has 0 aromatic heterocycles. The number of hydrogen-bond donors (Lipinski definition) is 1. The van der Waals surface area contributed by atoms with Crippen molar-refractivity contribution in [2.24, 2.45) is 5.92 Å². The lowest BCUT2D eigenvalue weighted by Crippen LogP contribution is -2.69. The molecule has 2 aliphatic heterocycles. The molecule has 2 amide bonds. The van der Waals surface area contributed by atoms with Crippen LogP contribution in [0.15, 0.2) is 18.2 Å². The second-order valence-corrected chi connectivity index (χ2v) is 7.22. The van der Waals surface area contributed by atoms with E-state index in [1.165, 1.54) is 12.1 Å². The fourth-order valence-electron chi connectivity index (χ4n) is 3.53. The fraction of sp³-hybridized carbons (Fsp3) is 0.556. The molecule has 0 aliphatic carbocycles. The molecule has 0 unspecified atom stereocenters. The summed E-state index contributed by atoms with van der Waals surface area (Å²) in [7, 11) is 0. The lowest BCUT2D eigenvalue weighted by Gasteiger charge is -2.45. The fourth-order valence-corrected chi connectivity index (χ4v) is 3.53. The smallest absolute Gasteiger partial charge is 0.245 e. The summed E-state index contributed by atoms with van der Waals surface area (Å²) in [4.78, 5) is 28.7. The van der Waals surface area contributed by atoms with Crippen molar-refractivity contribution in [1.29, 1.82) is 0 Å². The van der Waals surface area contributed by atoms with Crippen molar-refractivity contribution in [1.82, 2.24) is 15.1 Å². The van der Waals surface area contributed by atoms with Crippen LogP contribution in [-0.4, -0.2) is 53.3 Å². The second-order valence-electron chi connectivity index (χ2n) is 7.22. The van der Waals surface area contributed by atoms with Crippen molar-refractivity contribution in [2.45, 2.75) is 38.9 Å². The minimum absolute atomic E-state index is 0.0224. The molecule has 25 heavy (non-hydrogen) atoms. The monoisotopic (exact) mass is 351 g/mol. The van der Waals surface area contributed by atoms with E-state index in [4.69, 9.17) is 0 Å². The van der Waals surface area contributed by atoms with E-state index < -0.39 is 23.7 Å². The highest BCUT2D eigenvalue weighted by Crippen LogP contribution is 2.21. The molecule has 2 heterocycles. The van der Waals surface area contributed by atoms with E-state index in [9.17, 15) is 18.4 Å². The van der Waals surface area contributed by atoms with Gasteiger partial charge < -0.3 is 10.2 Å². The first-order valence-electron chi connectivity index (χ1n) is 8.62. The molecule has 136 valence electrons. The van der Waals surface area contributed by atoms with Crippen LogP contribution in [0.4, 0.5) is 8.78 Å². The van der Waals surface area contributed by atoms with Crippen molar-refractivity contribution < 1.29 is 18.4 Å². The first-order valence-corrected chi connectivity index (χ1v) is 8.62. The van der Waals surface area contributed by atoms with Gasteiger partial charge in [-0.3, -0.25) is 14.5 Å². The maximum absolute atomic E-state index is 13.4. The summed E-state index contributed by atoms with van der Waals surface area (Å²) in [5.74, 6) is -1.59. The van der Waals surface area contributed by atoms with E-state index in [0.717, 1.165) is 6.07 Å². The molecule has 2 fully saturated rings. The number of carbonyl (C=O) groups is 2. The molecule has 2 saturated heterocycles.